The number of aromatic nitrogens is 4. The summed E-state index contributed by atoms with van der Waals surface area (Å²) in [5, 5.41) is 3.80. The van der Waals surface area contributed by atoms with E-state index < -0.39 is 6.43 Å². The third-order valence-corrected chi connectivity index (χ3v) is 4.88. The van der Waals surface area contributed by atoms with Crippen LogP contribution in [0.2, 0.25) is 0 Å². The van der Waals surface area contributed by atoms with E-state index in [0.717, 1.165) is 30.2 Å². The second-order valence-electron chi connectivity index (χ2n) is 6.50. The number of rotatable bonds is 3. The van der Waals surface area contributed by atoms with Crippen molar-refractivity contribution in [2.75, 3.05) is 19.7 Å². The lowest BCUT2D eigenvalue weighted by molar-refractivity contribution is -0.142. The second kappa shape index (κ2) is 6.62. The van der Waals surface area contributed by atoms with Gasteiger partial charge in [0.15, 0.2) is 0 Å². The van der Waals surface area contributed by atoms with Gasteiger partial charge in [-0.25, -0.2) is 13.8 Å². The molecule has 134 valence electrons. The molecule has 2 aromatic heterocycles. The number of piperidine rings is 1. The number of nitrogens with zero attached hydrogens (tertiary/aromatic N) is 5. The average Bonchev–Trinajstić information content (AvgIpc) is 3.31. The van der Waals surface area contributed by atoms with E-state index in [0.29, 0.717) is 25.4 Å². The first-order valence-electron chi connectivity index (χ1n) is 8.52. The summed E-state index contributed by atoms with van der Waals surface area (Å²) in [4.78, 5) is 22.7. The molecule has 0 N–H and O–H groups in total. The van der Waals surface area contributed by atoms with Gasteiger partial charge in [0.05, 0.1) is 5.69 Å². The van der Waals surface area contributed by atoms with Crippen molar-refractivity contribution in [3.05, 3.63) is 23.8 Å². The molecule has 4 heterocycles. The number of hydrogen-bond donors (Lipinski definition) is 0. The second-order valence-corrected chi connectivity index (χ2v) is 6.50. The summed E-state index contributed by atoms with van der Waals surface area (Å²) < 4.78 is 33.2. The number of fused-ring (bicyclic) bond motifs is 1. The minimum atomic E-state index is -2.67. The van der Waals surface area contributed by atoms with E-state index in [1.54, 1.807) is 4.90 Å². The lowest BCUT2D eigenvalue weighted by Crippen LogP contribution is -2.44. The number of likely N-dealkylation sites (tertiary alicyclic amines) is 1. The first kappa shape index (κ1) is 16.3. The van der Waals surface area contributed by atoms with Crippen molar-refractivity contribution in [1.29, 1.82) is 0 Å². The Morgan fingerprint density at radius 2 is 2.20 bits per heavy atom. The van der Waals surface area contributed by atoms with Crippen LogP contribution in [0.1, 0.15) is 49.4 Å². The summed E-state index contributed by atoms with van der Waals surface area (Å²) in [6.07, 6.45) is 1.45. The molecule has 2 aliphatic rings. The highest BCUT2D eigenvalue weighted by Crippen LogP contribution is 2.30. The molecule has 2 atom stereocenters. The van der Waals surface area contributed by atoms with Gasteiger partial charge in [-0.2, -0.15) is 14.6 Å². The number of halogens is 2. The van der Waals surface area contributed by atoms with Crippen molar-refractivity contribution in [1.82, 2.24) is 24.5 Å². The molecule has 2 aliphatic heterocycles. The monoisotopic (exact) mass is 351 g/mol. The molecular formula is C16H19F2N5O2. The van der Waals surface area contributed by atoms with Crippen LogP contribution >= 0.6 is 0 Å². The number of carbonyl (C=O) groups is 1. The Morgan fingerprint density at radius 3 is 2.96 bits per heavy atom. The molecule has 0 aromatic carbocycles. The third kappa shape index (κ3) is 3.08. The van der Waals surface area contributed by atoms with Gasteiger partial charge in [-0.15, -0.1) is 0 Å². The van der Waals surface area contributed by atoms with Crippen molar-refractivity contribution in [3.63, 3.8) is 0 Å². The topological polar surface area (TPSA) is 72.6 Å². The Bertz CT molecular complexity index is 775. The Balaban J connectivity index is 1.58. The van der Waals surface area contributed by atoms with Gasteiger partial charge in [0, 0.05) is 25.6 Å². The van der Waals surface area contributed by atoms with Gasteiger partial charge in [0.1, 0.15) is 18.1 Å². The minimum Gasteiger partial charge on any atom is -0.368 e. The highest BCUT2D eigenvalue weighted by atomic mass is 19.3. The normalized spacial score (nSPS) is 24.4. The minimum absolute atomic E-state index is 0.000149. The van der Waals surface area contributed by atoms with Crippen molar-refractivity contribution < 1.29 is 18.3 Å². The molecule has 2 aromatic rings. The largest absolute Gasteiger partial charge is 0.368 e. The highest BCUT2D eigenvalue weighted by Gasteiger charge is 2.33. The number of alkyl halides is 2. The molecular weight excluding hydrogens is 332 g/mol. The molecule has 0 bridgehead atoms. The summed E-state index contributed by atoms with van der Waals surface area (Å²) in [6.45, 7) is 1.76. The van der Waals surface area contributed by atoms with Crippen molar-refractivity contribution in [3.8, 4) is 0 Å². The molecule has 1 amide bonds. The van der Waals surface area contributed by atoms with Crippen LogP contribution in [0.15, 0.2) is 12.4 Å². The van der Waals surface area contributed by atoms with Crippen molar-refractivity contribution in [2.45, 2.75) is 44.1 Å². The Hall–Kier alpha value is -2.16. The maximum absolute atomic E-state index is 13.3. The van der Waals surface area contributed by atoms with E-state index in [4.69, 9.17) is 4.74 Å². The SMILES string of the molecule is O=C([C@H]1CCCO1)N1CCC[C@@H](c2cc(C(F)F)n3ncnc3n2)C1. The quantitative estimate of drug-likeness (QED) is 0.845. The van der Waals surface area contributed by atoms with E-state index in [1.807, 2.05) is 0 Å². The number of ether oxygens (including phenoxy) is 1. The molecule has 0 aliphatic carbocycles. The van der Waals surface area contributed by atoms with Crippen LogP contribution in [0.3, 0.4) is 0 Å². The third-order valence-electron chi connectivity index (χ3n) is 4.88. The summed E-state index contributed by atoms with van der Waals surface area (Å²) >= 11 is 0. The van der Waals surface area contributed by atoms with E-state index in [2.05, 4.69) is 15.1 Å². The molecule has 0 unspecified atom stereocenters. The standard InChI is InChI=1S/C16H19F2N5O2/c17-14(18)12-7-11(21-16-19-9-20-23(12)16)10-3-1-5-22(8-10)15(24)13-4-2-6-25-13/h7,9-10,13-14H,1-6,8H2/t10-,13-/m1/s1. The van der Waals surface area contributed by atoms with Crippen LogP contribution in [-0.2, 0) is 9.53 Å². The molecule has 0 spiro atoms. The summed E-state index contributed by atoms with van der Waals surface area (Å²) in [7, 11) is 0. The van der Waals surface area contributed by atoms with Gasteiger partial charge < -0.3 is 9.64 Å². The fourth-order valence-corrected chi connectivity index (χ4v) is 3.61. The first-order chi connectivity index (χ1) is 12.1. The average molecular weight is 351 g/mol. The fourth-order valence-electron chi connectivity index (χ4n) is 3.61. The van der Waals surface area contributed by atoms with Crippen LogP contribution in [0.4, 0.5) is 8.78 Å². The van der Waals surface area contributed by atoms with Crippen molar-refractivity contribution in [2.24, 2.45) is 0 Å². The fraction of sp³-hybridized carbons (Fsp3) is 0.625. The summed E-state index contributed by atoms with van der Waals surface area (Å²) in [6, 6.07) is 1.39. The van der Waals surface area contributed by atoms with Gasteiger partial charge in [-0.3, -0.25) is 4.79 Å². The van der Waals surface area contributed by atoms with Gasteiger partial charge in [0.25, 0.3) is 18.1 Å². The molecule has 0 radical (unpaired) electrons. The van der Waals surface area contributed by atoms with Gasteiger partial charge in [0.2, 0.25) is 0 Å². The maximum Gasteiger partial charge on any atom is 0.280 e. The summed E-state index contributed by atoms with van der Waals surface area (Å²) in [5.74, 6) is 0.0773. The van der Waals surface area contributed by atoms with Crippen LogP contribution in [-0.4, -0.2) is 56.2 Å². The molecule has 9 heteroatoms. The van der Waals surface area contributed by atoms with E-state index in [1.165, 1.54) is 12.4 Å². The Kier molecular flexibility index (Phi) is 4.32. The molecule has 7 nitrogen and oxygen atoms in total. The molecule has 25 heavy (non-hydrogen) atoms. The number of carbonyl (C=O) groups excluding carboxylic acids is 1. The molecule has 4 rings (SSSR count). The van der Waals surface area contributed by atoms with Gasteiger partial charge in [-0.1, -0.05) is 0 Å². The van der Waals surface area contributed by atoms with Crippen LogP contribution in [0, 0.1) is 0 Å². The van der Waals surface area contributed by atoms with E-state index >= 15 is 0 Å². The smallest absolute Gasteiger partial charge is 0.280 e. The van der Waals surface area contributed by atoms with Crippen LogP contribution in [0.5, 0.6) is 0 Å². The molecule has 0 saturated carbocycles. The first-order valence-corrected chi connectivity index (χ1v) is 8.52. The zero-order valence-corrected chi connectivity index (χ0v) is 13.6. The van der Waals surface area contributed by atoms with Crippen LogP contribution in [0.25, 0.3) is 5.78 Å². The lowest BCUT2D eigenvalue weighted by atomic mass is 9.93. The summed E-state index contributed by atoms with van der Waals surface area (Å²) in [5.41, 5.74) is 0.320. The predicted molar refractivity (Wildman–Crippen MR) is 83.3 cm³/mol. The highest BCUT2D eigenvalue weighted by molar-refractivity contribution is 5.81. The molecule has 2 fully saturated rings. The Morgan fingerprint density at radius 1 is 1.32 bits per heavy atom. The zero-order valence-electron chi connectivity index (χ0n) is 13.6. The maximum atomic E-state index is 13.3. The van der Waals surface area contributed by atoms with Gasteiger partial charge in [-0.05, 0) is 31.7 Å². The van der Waals surface area contributed by atoms with Crippen LogP contribution < -0.4 is 0 Å². The van der Waals surface area contributed by atoms with E-state index in [-0.39, 0.29) is 29.4 Å². The zero-order chi connectivity index (χ0) is 17.4. The Labute approximate surface area is 143 Å². The van der Waals surface area contributed by atoms with Gasteiger partial charge >= 0.3 is 0 Å². The van der Waals surface area contributed by atoms with E-state index in [9.17, 15) is 13.6 Å². The number of amides is 1. The van der Waals surface area contributed by atoms with Crippen molar-refractivity contribution >= 4 is 11.7 Å². The lowest BCUT2D eigenvalue weighted by Gasteiger charge is -2.34. The molecule has 2 saturated heterocycles. The predicted octanol–water partition coefficient (Wildman–Crippen LogP) is 1.95. The number of hydrogen-bond acceptors (Lipinski definition) is 5.